The highest BCUT2D eigenvalue weighted by Crippen LogP contribution is 2.29. The largest absolute Gasteiger partial charge is 0.493 e. The van der Waals surface area contributed by atoms with Gasteiger partial charge in [0, 0.05) is 6.54 Å². The Morgan fingerprint density at radius 2 is 2.00 bits per heavy atom. The van der Waals surface area contributed by atoms with E-state index in [0.717, 1.165) is 24.8 Å². The first-order valence-corrected chi connectivity index (χ1v) is 9.30. The van der Waals surface area contributed by atoms with Crippen LogP contribution in [0.15, 0.2) is 23.1 Å². The highest BCUT2D eigenvalue weighted by atomic mass is 32.2. The molecule has 0 atom stereocenters. The minimum Gasteiger partial charge on any atom is -0.493 e. The highest BCUT2D eigenvalue weighted by Gasteiger charge is 2.32. The molecule has 1 saturated carbocycles. The van der Waals surface area contributed by atoms with Crippen molar-refractivity contribution >= 4 is 10.0 Å². The summed E-state index contributed by atoms with van der Waals surface area (Å²) in [6.45, 7) is 4.53. The number of sulfonamides is 1. The summed E-state index contributed by atoms with van der Waals surface area (Å²) in [5.41, 5.74) is -0.109. The monoisotopic (exact) mass is 327 g/mol. The molecule has 0 aromatic heterocycles. The maximum absolute atomic E-state index is 12.3. The molecule has 0 bridgehead atoms. The Bertz CT molecular complexity index is 607. The Morgan fingerprint density at radius 3 is 2.59 bits per heavy atom. The molecule has 0 heterocycles. The van der Waals surface area contributed by atoms with Gasteiger partial charge in [0.15, 0.2) is 0 Å². The second-order valence-electron chi connectivity index (χ2n) is 6.03. The molecule has 124 valence electrons. The first-order chi connectivity index (χ1) is 10.4. The van der Waals surface area contributed by atoms with E-state index in [0.29, 0.717) is 25.2 Å². The molecule has 0 saturated heterocycles. The minimum absolute atomic E-state index is 0.0719. The molecule has 2 N–H and O–H groups in total. The summed E-state index contributed by atoms with van der Waals surface area (Å²) in [7, 11) is -3.61. The molecule has 22 heavy (non-hydrogen) atoms. The Hall–Kier alpha value is -1.11. The quantitative estimate of drug-likeness (QED) is 0.806. The molecule has 1 aliphatic rings. The van der Waals surface area contributed by atoms with Crippen LogP contribution in [0.5, 0.6) is 5.75 Å². The number of aliphatic hydroxyl groups is 1. The zero-order valence-electron chi connectivity index (χ0n) is 13.3. The summed E-state index contributed by atoms with van der Waals surface area (Å²) in [6.07, 6.45) is 4.10. The molecule has 6 heteroatoms. The Balaban J connectivity index is 2.07. The van der Waals surface area contributed by atoms with Gasteiger partial charge in [-0.1, -0.05) is 19.8 Å². The van der Waals surface area contributed by atoms with Crippen molar-refractivity contribution in [3.8, 4) is 5.75 Å². The fraction of sp³-hybridized carbons (Fsp3) is 0.625. The van der Waals surface area contributed by atoms with Gasteiger partial charge in [0.05, 0.1) is 17.1 Å². The lowest BCUT2D eigenvalue weighted by Crippen LogP contribution is -2.40. The minimum atomic E-state index is -3.61. The van der Waals surface area contributed by atoms with Crippen molar-refractivity contribution in [2.24, 2.45) is 0 Å². The van der Waals surface area contributed by atoms with E-state index in [9.17, 15) is 13.5 Å². The Labute approximate surface area is 132 Å². The third kappa shape index (κ3) is 4.21. The molecule has 5 nitrogen and oxygen atoms in total. The van der Waals surface area contributed by atoms with Gasteiger partial charge in [-0.3, -0.25) is 0 Å². The van der Waals surface area contributed by atoms with Gasteiger partial charge in [0.25, 0.3) is 0 Å². The number of aryl methyl sites for hydroxylation is 1. The second kappa shape index (κ2) is 6.98. The van der Waals surface area contributed by atoms with Crippen LogP contribution < -0.4 is 9.46 Å². The van der Waals surface area contributed by atoms with Crippen LogP contribution in [0.3, 0.4) is 0 Å². The lowest BCUT2D eigenvalue weighted by Gasteiger charge is -2.22. The van der Waals surface area contributed by atoms with Gasteiger partial charge < -0.3 is 9.84 Å². The summed E-state index contributed by atoms with van der Waals surface area (Å²) in [5.74, 6) is 0.704. The van der Waals surface area contributed by atoms with Gasteiger partial charge in [0.1, 0.15) is 5.75 Å². The van der Waals surface area contributed by atoms with Crippen LogP contribution in [0.4, 0.5) is 0 Å². The summed E-state index contributed by atoms with van der Waals surface area (Å²) in [6, 6.07) is 4.83. The van der Waals surface area contributed by atoms with E-state index in [2.05, 4.69) is 4.72 Å². The molecule has 0 spiro atoms. The van der Waals surface area contributed by atoms with Crippen molar-refractivity contribution < 1.29 is 18.3 Å². The normalized spacial score (nSPS) is 17.6. The average molecular weight is 327 g/mol. The Morgan fingerprint density at radius 1 is 1.32 bits per heavy atom. The molecule has 0 aliphatic heterocycles. The van der Waals surface area contributed by atoms with Gasteiger partial charge in [-0.15, -0.1) is 0 Å². The second-order valence-corrected chi connectivity index (χ2v) is 7.80. The van der Waals surface area contributed by atoms with Crippen molar-refractivity contribution in [1.82, 2.24) is 4.72 Å². The summed E-state index contributed by atoms with van der Waals surface area (Å²) in [4.78, 5) is 0.204. The summed E-state index contributed by atoms with van der Waals surface area (Å²) < 4.78 is 32.8. The summed E-state index contributed by atoms with van der Waals surface area (Å²) in [5, 5.41) is 10.3. The number of hydrogen-bond acceptors (Lipinski definition) is 4. The number of rotatable bonds is 7. The number of nitrogens with one attached hydrogen (secondary N) is 1. The van der Waals surface area contributed by atoms with Gasteiger partial charge >= 0.3 is 0 Å². The van der Waals surface area contributed by atoms with Crippen LogP contribution in [0.1, 0.15) is 44.6 Å². The van der Waals surface area contributed by atoms with Crippen molar-refractivity contribution in [2.75, 3.05) is 13.2 Å². The van der Waals surface area contributed by atoms with Gasteiger partial charge in [-0.05, 0) is 49.9 Å². The molecule has 0 unspecified atom stereocenters. The maximum atomic E-state index is 12.3. The zero-order chi connectivity index (χ0) is 16.2. The summed E-state index contributed by atoms with van der Waals surface area (Å²) >= 11 is 0. The van der Waals surface area contributed by atoms with E-state index in [4.69, 9.17) is 4.74 Å². The third-order valence-electron chi connectivity index (χ3n) is 4.04. The molecule has 1 fully saturated rings. The topological polar surface area (TPSA) is 75.6 Å². The zero-order valence-corrected chi connectivity index (χ0v) is 14.1. The van der Waals surface area contributed by atoms with Crippen LogP contribution in [0, 0.1) is 6.92 Å². The van der Waals surface area contributed by atoms with Crippen LogP contribution in [-0.4, -0.2) is 32.3 Å². The maximum Gasteiger partial charge on any atom is 0.240 e. The van der Waals surface area contributed by atoms with E-state index in [1.807, 2.05) is 13.8 Å². The SMILES string of the molecule is CCCOc1ccc(S(=O)(=O)NCC2(O)CCCC2)cc1C. The number of ether oxygens (including phenoxy) is 1. The molecule has 0 amide bonds. The van der Waals surface area contributed by atoms with Crippen LogP contribution in [0.2, 0.25) is 0 Å². The fourth-order valence-corrected chi connectivity index (χ4v) is 3.89. The molecular weight excluding hydrogens is 302 g/mol. The lowest BCUT2D eigenvalue weighted by atomic mass is 10.0. The first kappa shape index (κ1) is 17.2. The fourth-order valence-electron chi connectivity index (χ4n) is 2.69. The Kier molecular flexibility index (Phi) is 5.47. The predicted octanol–water partition coefficient (Wildman–Crippen LogP) is 2.37. The van der Waals surface area contributed by atoms with Gasteiger partial charge in [-0.2, -0.15) is 0 Å². The predicted molar refractivity (Wildman–Crippen MR) is 85.6 cm³/mol. The standard InChI is InChI=1S/C16H25NO4S/c1-3-10-21-15-7-6-14(11-13(15)2)22(19,20)17-12-16(18)8-4-5-9-16/h6-7,11,17-18H,3-5,8-10,12H2,1-2H3. The number of benzene rings is 1. The molecular formula is C16H25NO4S. The van der Waals surface area contributed by atoms with Crippen LogP contribution in [-0.2, 0) is 10.0 Å². The molecule has 1 aromatic carbocycles. The van der Waals surface area contributed by atoms with E-state index >= 15 is 0 Å². The van der Waals surface area contributed by atoms with Crippen molar-refractivity contribution in [3.63, 3.8) is 0 Å². The van der Waals surface area contributed by atoms with Crippen LogP contribution in [0.25, 0.3) is 0 Å². The molecule has 0 radical (unpaired) electrons. The van der Waals surface area contributed by atoms with E-state index in [1.165, 1.54) is 0 Å². The van der Waals surface area contributed by atoms with E-state index in [-0.39, 0.29) is 11.4 Å². The van der Waals surface area contributed by atoms with E-state index < -0.39 is 15.6 Å². The van der Waals surface area contributed by atoms with Crippen molar-refractivity contribution in [2.45, 2.75) is 56.4 Å². The smallest absolute Gasteiger partial charge is 0.240 e. The first-order valence-electron chi connectivity index (χ1n) is 7.82. The van der Waals surface area contributed by atoms with Gasteiger partial charge in [0.2, 0.25) is 10.0 Å². The van der Waals surface area contributed by atoms with Crippen LogP contribution >= 0.6 is 0 Å². The van der Waals surface area contributed by atoms with Crippen molar-refractivity contribution in [3.05, 3.63) is 23.8 Å². The average Bonchev–Trinajstić information content (AvgIpc) is 2.91. The highest BCUT2D eigenvalue weighted by molar-refractivity contribution is 7.89. The molecule has 1 aromatic rings. The molecule has 2 rings (SSSR count). The lowest BCUT2D eigenvalue weighted by molar-refractivity contribution is 0.0532. The van der Waals surface area contributed by atoms with Crippen molar-refractivity contribution in [1.29, 1.82) is 0 Å². The van der Waals surface area contributed by atoms with E-state index in [1.54, 1.807) is 18.2 Å². The number of hydrogen-bond donors (Lipinski definition) is 2. The molecule has 1 aliphatic carbocycles. The third-order valence-corrected chi connectivity index (χ3v) is 5.44. The van der Waals surface area contributed by atoms with Gasteiger partial charge in [-0.25, -0.2) is 13.1 Å².